The molecule has 2 amide bonds. The Bertz CT molecular complexity index is 528. The van der Waals surface area contributed by atoms with Gasteiger partial charge in [-0.1, -0.05) is 23.2 Å². The second kappa shape index (κ2) is 5.03. The molecular weight excluding hydrogens is 265 g/mol. The van der Waals surface area contributed by atoms with Gasteiger partial charge in [0.15, 0.2) is 0 Å². The lowest BCUT2D eigenvalue weighted by Crippen LogP contribution is -2.28. The molecule has 2 N–H and O–H groups in total. The fourth-order valence-corrected chi connectivity index (χ4v) is 1.57. The van der Waals surface area contributed by atoms with Crippen LogP contribution >= 0.6 is 23.2 Å². The molecule has 0 radical (unpaired) electrons. The predicted molar refractivity (Wildman–Crippen MR) is 64.9 cm³/mol. The van der Waals surface area contributed by atoms with E-state index in [1.807, 2.05) is 0 Å². The summed E-state index contributed by atoms with van der Waals surface area (Å²) in [6.07, 6.45) is 2.65. The molecule has 17 heavy (non-hydrogen) atoms. The number of urea groups is 1. The van der Waals surface area contributed by atoms with Gasteiger partial charge in [0.2, 0.25) is 0 Å². The number of halogens is 2. The van der Waals surface area contributed by atoms with Crippen LogP contribution in [0.15, 0.2) is 30.9 Å². The zero-order valence-corrected chi connectivity index (χ0v) is 9.90. The predicted octanol–water partition coefficient (Wildman–Crippen LogP) is 2.36. The van der Waals surface area contributed by atoms with Crippen molar-refractivity contribution >= 4 is 34.9 Å². The first-order valence-electron chi connectivity index (χ1n) is 4.53. The molecule has 6 nitrogen and oxygen atoms in total. The second-order valence-corrected chi connectivity index (χ2v) is 3.87. The van der Waals surface area contributed by atoms with Gasteiger partial charge in [0.25, 0.3) is 0 Å². The van der Waals surface area contributed by atoms with Crippen molar-refractivity contribution in [1.29, 1.82) is 0 Å². The average molecular weight is 272 g/mol. The van der Waals surface area contributed by atoms with Gasteiger partial charge in [0.1, 0.15) is 12.7 Å². The fraction of sp³-hybridized carbons (Fsp3) is 0. The van der Waals surface area contributed by atoms with E-state index in [1.165, 1.54) is 23.5 Å². The zero-order chi connectivity index (χ0) is 12.3. The minimum absolute atomic E-state index is 0.353. The molecule has 0 spiro atoms. The van der Waals surface area contributed by atoms with E-state index >= 15 is 0 Å². The van der Waals surface area contributed by atoms with E-state index in [1.54, 1.807) is 12.1 Å². The molecule has 2 rings (SSSR count). The number of nitrogens with one attached hydrogen (secondary N) is 2. The summed E-state index contributed by atoms with van der Waals surface area (Å²) >= 11 is 11.6. The fourth-order valence-electron chi connectivity index (χ4n) is 1.11. The molecule has 0 atom stereocenters. The Balaban J connectivity index is 2.03. The molecule has 0 fully saturated rings. The molecule has 1 heterocycles. The van der Waals surface area contributed by atoms with Gasteiger partial charge in [-0.15, -0.1) is 5.10 Å². The Hall–Kier alpha value is -1.79. The molecule has 1 aromatic carbocycles. The quantitative estimate of drug-likeness (QED) is 0.881. The Labute approximate surface area is 107 Å². The number of carbonyl (C=O) groups is 1. The van der Waals surface area contributed by atoms with Crippen LogP contribution in [0.2, 0.25) is 10.0 Å². The summed E-state index contributed by atoms with van der Waals surface area (Å²) in [4.78, 5) is 16.4. The summed E-state index contributed by atoms with van der Waals surface area (Å²) in [6.45, 7) is 0. The molecule has 0 saturated carbocycles. The van der Waals surface area contributed by atoms with Crippen LogP contribution in [0.5, 0.6) is 0 Å². The molecule has 0 aliphatic rings. The molecular formula is C9H7Cl2N5O. The largest absolute Gasteiger partial charge is 0.339 e. The topological polar surface area (TPSA) is 71.8 Å². The van der Waals surface area contributed by atoms with Crippen molar-refractivity contribution in [3.8, 4) is 0 Å². The van der Waals surface area contributed by atoms with Crippen molar-refractivity contribution in [2.75, 3.05) is 10.7 Å². The zero-order valence-electron chi connectivity index (χ0n) is 8.39. The van der Waals surface area contributed by atoms with Gasteiger partial charge in [-0.05, 0) is 18.2 Å². The number of carbonyl (C=O) groups excluding carboxylic acids is 1. The van der Waals surface area contributed by atoms with Crippen molar-refractivity contribution in [2.45, 2.75) is 0 Å². The summed E-state index contributed by atoms with van der Waals surface area (Å²) in [5, 5.41) is 7.11. The highest BCUT2D eigenvalue weighted by Gasteiger charge is 2.06. The van der Waals surface area contributed by atoms with E-state index in [-0.39, 0.29) is 0 Å². The smallest absolute Gasteiger partial charge is 0.305 e. The van der Waals surface area contributed by atoms with Crippen LogP contribution in [-0.4, -0.2) is 20.9 Å². The van der Waals surface area contributed by atoms with Crippen molar-refractivity contribution < 1.29 is 4.79 Å². The summed E-state index contributed by atoms with van der Waals surface area (Å²) < 4.78 is 0. The Morgan fingerprint density at radius 3 is 2.82 bits per heavy atom. The van der Waals surface area contributed by atoms with Gasteiger partial charge < -0.3 is 5.32 Å². The van der Waals surface area contributed by atoms with E-state index in [0.717, 1.165) is 0 Å². The van der Waals surface area contributed by atoms with Gasteiger partial charge in [-0.25, -0.2) is 15.2 Å². The van der Waals surface area contributed by atoms with Gasteiger partial charge in [0, 0.05) is 5.02 Å². The van der Waals surface area contributed by atoms with Crippen LogP contribution in [0.4, 0.5) is 10.5 Å². The molecule has 0 aliphatic carbocycles. The highest BCUT2D eigenvalue weighted by molar-refractivity contribution is 6.36. The third kappa shape index (κ3) is 3.08. The molecule has 1 aromatic heterocycles. The Morgan fingerprint density at radius 1 is 1.35 bits per heavy atom. The second-order valence-electron chi connectivity index (χ2n) is 3.03. The van der Waals surface area contributed by atoms with Crippen LogP contribution in [0.3, 0.4) is 0 Å². The summed E-state index contributed by atoms with van der Waals surface area (Å²) in [7, 11) is 0. The molecule has 0 unspecified atom stereocenters. The van der Waals surface area contributed by atoms with Crippen LogP contribution in [0, 0.1) is 0 Å². The number of rotatable bonds is 2. The molecule has 88 valence electrons. The SMILES string of the molecule is O=C(Nc1ccc(Cl)cc1Cl)Nn1cncn1. The summed E-state index contributed by atoms with van der Waals surface area (Å²) in [5.74, 6) is 0. The van der Waals surface area contributed by atoms with Crippen molar-refractivity contribution in [2.24, 2.45) is 0 Å². The van der Waals surface area contributed by atoms with Crippen LogP contribution in [-0.2, 0) is 0 Å². The Kier molecular flexibility index (Phi) is 3.46. The van der Waals surface area contributed by atoms with E-state index in [4.69, 9.17) is 23.2 Å². The molecule has 0 saturated heterocycles. The maximum Gasteiger partial charge on any atom is 0.339 e. The minimum atomic E-state index is -0.486. The van der Waals surface area contributed by atoms with E-state index in [0.29, 0.717) is 15.7 Å². The maximum atomic E-state index is 11.5. The van der Waals surface area contributed by atoms with Crippen LogP contribution in [0.1, 0.15) is 0 Å². The number of benzene rings is 1. The number of anilines is 1. The van der Waals surface area contributed by atoms with E-state index in [9.17, 15) is 4.79 Å². The maximum absolute atomic E-state index is 11.5. The standard InChI is InChI=1S/C9H7Cl2N5O/c10-6-1-2-8(7(11)3-6)14-9(17)15-16-5-12-4-13-16/h1-5H,(H2,14,15,17). The lowest BCUT2D eigenvalue weighted by atomic mass is 10.3. The van der Waals surface area contributed by atoms with Gasteiger partial charge in [-0.2, -0.15) is 4.79 Å². The van der Waals surface area contributed by atoms with Crippen molar-refractivity contribution in [1.82, 2.24) is 14.9 Å². The lowest BCUT2D eigenvalue weighted by molar-refractivity contribution is 0.259. The third-order valence-corrected chi connectivity index (χ3v) is 2.36. The van der Waals surface area contributed by atoms with Crippen LogP contribution in [0.25, 0.3) is 0 Å². The van der Waals surface area contributed by atoms with E-state index < -0.39 is 6.03 Å². The van der Waals surface area contributed by atoms with Crippen LogP contribution < -0.4 is 10.7 Å². The summed E-state index contributed by atoms with van der Waals surface area (Å²) in [6, 6.07) is 4.28. The van der Waals surface area contributed by atoms with Gasteiger partial charge in [0.05, 0.1) is 10.7 Å². The highest BCUT2D eigenvalue weighted by Crippen LogP contribution is 2.25. The molecule has 0 aliphatic heterocycles. The molecule has 2 aromatic rings. The van der Waals surface area contributed by atoms with Gasteiger partial charge in [-0.3, -0.25) is 0 Å². The number of hydrogen-bond donors (Lipinski definition) is 2. The highest BCUT2D eigenvalue weighted by atomic mass is 35.5. The number of nitrogens with zero attached hydrogens (tertiary/aromatic N) is 3. The number of hydrogen-bond acceptors (Lipinski definition) is 3. The first-order valence-corrected chi connectivity index (χ1v) is 5.28. The van der Waals surface area contributed by atoms with Gasteiger partial charge >= 0.3 is 6.03 Å². The number of amides is 2. The molecule has 0 bridgehead atoms. The van der Waals surface area contributed by atoms with E-state index in [2.05, 4.69) is 20.8 Å². The first-order chi connectivity index (χ1) is 8.15. The monoisotopic (exact) mass is 271 g/mol. The Morgan fingerprint density at radius 2 is 2.18 bits per heavy atom. The summed E-state index contributed by atoms with van der Waals surface area (Å²) in [5.41, 5.74) is 2.87. The van der Waals surface area contributed by atoms with Crippen molar-refractivity contribution in [3.63, 3.8) is 0 Å². The number of aromatic nitrogens is 3. The molecule has 8 heteroatoms. The minimum Gasteiger partial charge on any atom is -0.305 e. The average Bonchev–Trinajstić information content (AvgIpc) is 2.75. The first kappa shape index (κ1) is 11.7. The normalized spacial score (nSPS) is 10.0. The lowest BCUT2D eigenvalue weighted by Gasteiger charge is -2.08. The third-order valence-electron chi connectivity index (χ3n) is 1.81. The van der Waals surface area contributed by atoms with Crippen molar-refractivity contribution in [3.05, 3.63) is 40.9 Å².